The number of aromatic hydroxyl groups is 4. The van der Waals surface area contributed by atoms with Crippen molar-refractivity contribution in [2.45, 2.75) is 6.17 Å². The third-order valence-electron chi connectivity index (χ3n) is 4.55. The number of benzene rings is 3. The van der Waals surface area contributed by atoms with Crippen molar-refractivity contribution in [1.82, 2.24) is 5.01 Å². The number of fused-ring (bicyclic) bond motifs is 1. The summed E-state index contributed by atoms with van der Waals surface area (Å²) in [6.07, 6.45) is 0.431. The molecule has 1 aliphatic heterocycles. The first-order valence-electron chi connectivity index (χ1n) is 8.71. The van der Waals surface area contributed by atoms with Gasteiger partial charge in [-0.2, -0.15) is 5.10 Å². The molecule has 0 unspecified atom stereocenters. The molecule has 5 N–H and O–H groups in total. The highest BCUT2D eigenvalue weighted by molar-refractivity contribution is 6.02. The summed E-state index contributed by atoms with van der Waals surface area (Å²) < 4.78 is 0. The lowest BCUT2D eigenvalue weighted by Crippen LogP contribution is -2.39. The number of nitrogens with zero attached hydrogens (tertiary/aromatic N) is 2. The van der Waals surface area contributed by atoms with Gasteiger partial charge in [0.25, 0.3) is 5.91 Å². The molecule has 1 atom stereocenters. The zero-order valence-electron chi connectivity index (χ0n) is 15.0. The molecular weight excluding hydrogens is 374 g/mol. The maximum absolute atomic E-state index is 13.1. The standard InChI is InChI=1S/C21H17N3O5/c25-13-6-5-12(18(27)9-13)11-22-24-20(16-8-7-14(26)10-19(16)28)23-17-4-2-1-3-15(17)21(24)29/h1-11,20,23,25-28H/b22-11+/t20-/m0/s1. The third kappa shape index (κ3) is 3.39. The van der Waals surface area contributed by atoms with Crippen LogP contribution in [0.4, 0.5) is 5.69 Å². The van der Waals surface area contributed by atoms with Gasteiger partial charge in [0.15, 0.2) is 6.17 Å². The molecule has 0 spiro atoms. The van der Waals surface area contributed by atoms with Crippen LogP contribution in [0.3, 0.4) is 0 Å². The minimum absolute atomic E-state index is 0.101. The van der Waals surface area contributed by atoms with Gasteiger partial charge in [-0.15, -0.1) is 0 Å². The Hall–Kier alpha value is -4.20. The van der Waals surface area contributed by atoms with E-state index in [1.165, 1.54) is 36.5 Å². The van der Waals surface area contributed by atoms with Crippen LogP contribution in [0.25, 0.3) is 0 Å². The number of phenols is 4. The summed E-state index contributed by atoms with van der Waals surface area (Å²) >= 11 is 0. The van der Waals surface area contributed by atoms with E-state index < -0.39 is 12.1 Å². The highest BCUT2D eigenvalue weighted by Crippen LogP contribution is 2.37. The summed E-state index contributed by atoms with van der Waals surface area (Å²) in [7, 11) is 0. The molecule has 146 valence electrons. The lowest BCUT2D eigenvalue weighted by atomic mass is 10.0. The SMILES string of the molecule is O=C1c2ccccc2N[C@H](c2ccc(O)cc2O)N1/N=C/c1ccc(O)cc1O. The molecule has 0 radical (unpaired) electrons. The Morgan fingerprint density at radius 1 is 0.897 bits per heavy atom. The molecule has 3 aromatic carbocycles. The molecule has 0 bridgehead atoms. The van der Waals surface area contributed by atoms with Gasteiger partial charge >= 0.3 is 0 Å². The van der Waals surface area contributed by atoms with Crippen molar-refractivity contribution >= 4 is 17.8 Å². The van der Waals surface area contributed by atoms with Crippen LogP contribution >= 0.6 is 0 Å². The fraction of sp³-hybridized carbons (Fsp3) is 0.0476. The molecule has 8 heteroatoms. The summed E-state index contributed by atoms with van der Waals surface area (Å²) in [6.45, 7) is 0. The lowest BCUT2D eigenvalue weighted by molar-refractivity contribution is 0.0689. The molecule has 1 heterocycles. The van der Waals surface area contributed by atoms with E-state index in [9.17, 15) is 25.2 Å². The summed E-state index contributed by atoms with van der Waals surface area (Å²) in [5.41, 5.74) is 1.60. The Balaban J connectivity index is 1.78. The van der Waals surface area contributed by atoms with Crippen molar-refractivity contribution in [3.05, 3.63) is 77.4 Å². The molecule has 1 aliphatic rings. The van der Waals surface area contributed by atoms with Crippen LogP contribution in [0, 0.1) is 0 Å². The van der Waals surface area contributed by atoms with Crippen molar-refractivity contribution in [1.29, 1.82) is 0 Å². The Morgan fingerprint density at radius 3 is 2.31 bits per heavy atom. The number of rotatable bonds is 3. The molecular formula is C21H17N3O5. The smallest absolute Gasteiger partial charge is 0.278 e. The van der Waals surface area contributed by atoms with Crippen molar-refractivity contribution in [3.8, 4) is 23.0 Å². The van der Waals surface area contributed by atoms with E-state index in [0.717, 1.165) is 11.1 Å². The minimum atomic E-state index is -0.853. The van der Waals surface area contributed by atoms with Gasteiger partial charge in [0.05, 0.1) is 11.8 Å². The predicted octanol–water partition coefficient (Wildman–Crippen LogP) is 3.11. The number of anilines is 1. The number of phenolic OH excluding ortho intramolecular Hbond substituents is 4. The van der Waals surface area contributed by atoms with E-state index in [1.54, 1.807) is 24.3 Å². The number of hydrogen-bond acceptors (Lipinski definition) is 7. The fourth-order valence-corrected chi connectivity index (χ4v) is 3.10. The first-order valence-corrected chi connectivity index (χ1v) is 8.71. The van der Waals surface area contributed by atoms with E-state index in [4.69, 9.17) is 0 Å². The Kier molecular flexibility index (Phi) is 4.44. The lowest BCUT2D eigenvalue weighted by Gasteiger charge is -2.34. The van der Waals surface area contributed by atoms with Gasteiger partial charge in [0, 0.05) is 28.9 Å². The Bertz CT molecular complexity index is 1130. The average molecular weight is 391 g/mol. The van der Waals surface area contributed by atoms with Crippen LogP contribution in [0.1, 0.15) is 27.7 Å². The molecule has 1 amide bonds. The summed E-state index contributed by atoms with van der Waals surface area (Å²) in [6, 6.07) is 15.0. The van der Waals surface area contributed by atoms with Crippen molar-refractivity contribution in [3.63, 3.8) is 0 Å². The zero-order chi connectivity index (χ0) is 20.5. The second-order valence-electron chi connectivity index (χ2n) is 6.47. The molecule has 0 saturated heterocycles. The fourth-order valence-electron chi connectivity index (χ4n) is 3.10. The molecule has 3 aromatic rings. The van der Waals surface area contributed by atoms with Gasteiger partial charge in [-0.1, -0.05) is 12.1 Å². The Labute approximate surface area is 165 Å². The number of carbonyl (C=O) groups is 1. The van der Waals surface area contributed by atoms with E-state index in [2.05, 4.69) is 10.4 Å². The summed E-state index contributed by atoms with van der Waals surface area (Å²) in [5.74, 6) is -1.03. The van der Waals surface area contributed by atoms with Gasteiger partial charge in [-0.25, -0.2) is 5.01 Å². The number of para-hydroxylation sites is 1. The number of hydrazone groups is 1. The van der Waals surface area contributed by atoms with Crippen molar-refractivity contribution < 1.29 is 25.2 Å². The predicted molar refractivity (Wildman–Crippen MR) is 106 cm³/mol. The topological polar surface area (TPSA) is 126 Å². The quantitative estimate of drug-likeness (QED) is 0.437. The average Bonchev–Trinajstić information content (AvgIpc) is 2.68. The number of hydrogen-bond donors (Lipinski definition) is 5. The normalized spacial score (nSPS) is 15.9. The van der Waals surface area contributed by atoms with Crippen LogP contribution in [0.2, 0.25) is 0 Å². The maximum Gasteiger partial charge on any atom is 0.278 e. The Morgan fingerprint density at radius 2 is 1.59 bits per heavy atom. The van der Waals surface area contributed by atoms with E-state index in [1.807, 2.05) is 0 Å². The van der Waals surface area contributed by atoms with Crippen LogP contribution in [-0.4, -0.2) is 37.6 Å². The molecule has 0 fully saturated rings. The van der Waals surface area contributed by atoms with Crippen molar-refractivity contribution in [2.24, 2.45) is 5.10 Å². The minimum Gasteiger partial charge on any atom is -0.508 e. The van der Waals surface area contributed by atoms with E-state index in [0.29, 0.717) is 22.4 Å². The molecule has 4 rings (SSSR count). The van der Waals surface area contributed by atoms with Crippen LogP contribution in [-0.2, 0) is 0 Å². The largest absolute Gasteiger partial charge is 0.508 e. The first kappa shape index (κ1) is 18.2. The second kappa shape index (κ2) is 7.08. The van der Waals surface area contributed by atoms with E-state index >= 15 is 0 Å². The third-order valence-corrected chi connectivity index (χ3v) is 4.55. The van der Waals surface area contributed by atoms with Crippen molar-refractivity contribution in [2.75, 3.05) is 5.32 Å². The summed E-state index contributed by atoms with van der Waals surface area (Å²) in [5, 5.41) is 47.8. The first-order chi connectivity index (χ1) is 13.9. The highest BCUT2D eigenvalue weighted by Gasteiger charge is 2.34. The van der Waals surface area contributed by atoms with Gasteiger partial charge in [-0.05, 0) is 36.4 Å². The monoisotopic (exact) mass is 391 g/mol. The zero-order valence-corrected chi connectivity index (χ0v) is 15.0. The molecule has 0 aliphatic carbocycles. The van der Waals surface area contributed by atoms with E-state index in [-0.39, 0.29) is 23.0 Å². The van der Waals surface area contributed by atoms with Crippen LogP contribution in [0.5, 0.6) is 23.0 Å². The second-order valence-corrected chi connectivity index (χ2v) is 6.47. The number of nitrogens with one attached hydrogen (secondary N) is 1. The van der Waals surface area contributed by atoms with Crippen LogP contribution in [0.15, 0.2) is 65.8 Å². The molecule has 8 nitrogen and oxygen atoms in total. The van der Waals surface area contributed by atoms with Gasteiger partial charge in [-0.3, -0.25) is 4.79 Å². The maximum atomic E-state index is 13.1. The summed E-state index contributed by atoms with van der Waals surface area (Å²) in [4.78, 5) is 13.1. The molecule has 0 aromatic heterocycles. The highest BCUT2D eigenvalue weighted by atomic mass is 16.3. The van der Waals surface area contributed by atoms with Gasteiger partial charge in [0.1, 0.15) is 23.0 Å². The van der Waals surface area contributed by atoms with Gasteiger partial charge < -0.3 is 25.7 Å². The number of amides is 1. The molecule has 0 saturated carbocycles. The number of carbonyl (C=O) groups excluding carboxylic acids is 1. The molecule has 29 heavy (non-hydrogen) atoms. The van der Waals surface area contributed by atoms with Gasteiger partial charge in [0.2, 0.25) is 0 Å². The van der Waals surface area contributed by atoms with Crippen LogP contribution < -0.4 is 5.32 Å².